The minimum Gasteiger partial charge on any atom is -0.366 e. The van der Waals surface area contributed by atoms with Crippen LogP contribution in [0.4, 0.5) is 0 Å². The molecule has 29 heavy (non-hydrogen) atoms. The lowest BCUT2D eigenvalue weighted by atomic mass is 9.98. The molecule has 2 atom stereocenters. The molecule has 2 aromatic carbocycles. The van der Waals surface area contributed by atoms with E-state index in [9.17, 15) is 4.79 Å². The number of hydrogen-bond donors (Lipinski definition) is 0. The first-order valence-electron chi connectivity index (χ1n) is 9.54. The average Bonchev–Trinajstić information content (AvgIpc) is 2.66. The van der Waals surface area contributed by atoms with Crippen molar-refractivity contribution in [2.24, 2.45) is 5.41 Å². The Morgan fingerprint density at radius 1 is 0.966 bits per heavy atom. The van der Waals surface area contributed by atoms with Gasteiger partial charge in [-0.05, 0) is 82.1 Å². The van der Waals surface area contributed by atoms with E-state index in [1.807, 2.05) is 49.7 Å². The normalized spacial score (nSPS) is 20.4. The SMILES string of the molecule is CC(C)(C)C(=O)ON1CCC(Sc2ccc(Br)cc2)CC1Sc1ccc(Br)cc1. The van der Waals surface area contributed by atoms with E-state index >= 15 is 0 Å². The second-order valence-electron chi connectivity index (χ2n) is 8.01. The number of piperidine rings is 1. The van der Waals surface area contributed by atoms with Gasteiger partial charge in [0.1, 0.15) is 0 Å². The molecule has 1 saturated heterocycles. The van der Waals surface area contributed by atoms with E-state index in [0.717, 1.165) is 28.3 Å². The zero-order valence-corrected chi connectivity index (χ0v) is 21.5. The maximum Gasteiger partial charge on any atom is 0.330 e. The minimum atomic E-state index is -0.518. The fourth-order valence-electron chi connectivity index (χ4n) is 2.81. The number of hydroxylamine groups is 2. The van der Waals surface area contributed by atoms with Crippen LogP contribution in [0.2, 0.25) is 0 Å². The molecule has 0 aromatic heterocycles. The smallest absolute Gasteiger partial charge is 0.330 e. The summed E-state index contributed by atoms with van der Waals surface area (Å²) in [7, 11) is 0. The van der Waals surface area contributed by atoms with Crippen molar-refractivity contribution in [2.75, 3.05) is 6.54 Å². The number of carbonyl (C=O) groups is 1. The zero-order chi connectivity index (χ0) is 21.0. The lowest BCUT2D eigenvalue weighted by molar-refractivity contribution is -0.207. The summed E-state index contributed by atoms with van der Waals surface area (Å²) >= 11 is 10.7. The van der Waals surface area contributed by atoms with Gasteiger partial charge in [-0.2, -0.15) is 0 Å². The van der Waals surface area contributed by atoms with Crippen molar-refractivity contribution in [3.63, 3.8) is 0 Å². The Kier molecular flexibility index (Phi) is 8.18. The van der Waals surface area contributed by atoms with E-state index in [2.05, 4.69) is 68.3 Å². The van der Waals surface area contributed by atoms with Gasteiger partial charge in [0.25, 0.3) is 0 Å². The van der Waals surface area contributed by atoms with E-state index < -0.39 is 5.41 Å². The number of thioether (sulfide) groups is 2. The molecular weight excluding hydrogens is 534 g/mol. The van der Waals surface area contributed by atoms with Crippen LogP contribution < -0.4 is 0 Å². The van der Waals surface area contributed by atoms with Gasteiger partial charge >= 0.3 is 5.97 Å². The van der Waals surface area contributed by atoms with Gasteiger partial charge in [-0.25, -0.2) is 4.79 Å². The Morgan fingerprint density at radius 2 is 1.48 bits per heavy atom. The van der Waals surface area contributed by atoms with E-state index in [4.69, 9.17) is 4.84 Å². The molecular formula is C22H25Br2NO2S2. The zero-order valence-electron chi connectivity index (χ0n) is 16.7. The van der Waals surface area contributed by atoms with Crippen molar-refractivity contribution in [1.29, 1.82) is 0 Å². The van der Waals surface area contributed by atoms with Crippen LogP contribution in [0.3, 0.4) is 0 Å². The highest BCUT2D eigenvalue weighted by molar-refractivity contribution is 9.10. The first kappa shape index (κ1) is 23.2. The van der Waals surface area contributed by atoms with Gasteiger partial charge in [-0.3, -0.25) is 0 Å². The maximum absolute atomic E-state index is 12.5. The molecule has 0 amide bonds. The van der Waals surface area contributed by atoms with E-state index in [0.29, 0.717) is 5.25 Å². The van der Waals surface area contributed by atoms with Crippen molar-refractivity contribution >= 4 is 61.4 Å². The molecule has 1 fully saturated rings. The van der Waals surface area contributed by atoms with Crippen molar-refractivity contribution in [3.05, 3.63) is 57.5 Å². The van der Waals surface area contributed by atoms with Crippen LogP contribution in [0, 0.1) is 5.41 Å². The summed E-state index contributed by atoms with van der Waals surface area (Å²) in [6, 6.07) is 16.8. The minimum absolute atomic E-state index is 0.0872. The van der Waals surface area contributed by atoms with Crippen molar-refractivity contribution in [3.8, 4) is 0 Å². The molecule has 0 saturated carbocycles. The highest BCUT2D eigenvalue weighted by Crippen LogP contribution is 2.39. The third-order valence-corrected chi connectivity index (χ3v) is 8.08. The molecule has 0 spiro atoms. The molecule has 0 aliphatic carbocycles. The van der Waals surface area contributed by atoms with Gasteiger partial charge < -0.3 is 4.84 Å². The van der Waals surface area contributed by atoms with Gasteiger partial charge in [0.15, 0.2) is 0 Å². The monoisotopic (exact) mass is 557 g/mol. The van der Waals surface area contributed by atoms with E-state index in [-0.39, 0.29) is 11.3 Å². The lowest BCUT2D eigenvalue weighted by Gasteiger charge is -2.38. The summed E-state index contributed by atoms with van der Waals surface area (Å²) in [5.41, 5.74) is -0.518. The summed E-state index contributed by atoms with van der Waals surface area (Å²) in [6.07, 6.45) is 1.93. The van der Waals surface area contributed by atoms with E-state index in [1.54, 1.807) is 11.8 Å². The maximum atomic E-state index is 12.5. The highest BCUT2D eigenvalue weighted by Gasteiger charge is 2.35. The van der Waals surface area contributed by atoms with Crippen molar-refractivity contribution in [2.45, 2.75) is 54.0 Å². The van der Waals surface area contributed by atoms with Crippen molar-refractivity contribution in [1.82, 2.24) is 5.06 Å². The average molecular weight is 559 g/mol. The van der Waals surface area contributed by atoms with Gasteiger partial charge in [0.05, 0.1) is 10.8 Å². The molecule has 156 valence electrons. The van der Waals surface area contributed by atoms with Gasteiger partial charge in [0, 0.05) is 30.5 Å². The molecule has 0 radical (unpaired) electrons. The first-order valence-corrected chi connectivity index (χ1v) is 12.9. The second kappa shape index (κ2) is 10.2. The molecule has 7 heteroatoms. The summed E-state index contributed by atoms with van der Waals surface area (Å²) < 4.78 is 2.15. The molecule has 2 unspecified atom stereocenters. The third kappa shape index (κ3) is 7.03. The molecule has 1 aliphatic rings. The van der Waals surface area contributed by atoms with Crippen LogP contribution in [-0.2, 0) is 9.63 Å². The summed E-state index contributed by atoms with van der Waals surface area (Å²) in [6.45, 7) is 6.41. The Labute approximate surface area is 198 Å². The van der Waals surface area contributed by atoms with Gasteiger partial charge in [0.2, 0.25) is 0 Å². The Morgan fingerprint density at radius 3 is 2.00 bits per heavy atom. The van der Waals surface area contributed by atoms with Crippen LogP contribution in [0.25, 0.3) is 0 Å². The Balaban J connectivity index is 1.72. The van der Waals surface area contributed by atoms with Gasteiger partial charge in [-0.1, -0.05) is 31.9 Å². The standard InChI is InChI=1S/C22H25Br2NO2S2/c1-22(2,3)21(26)27-25-13-12-19(28-17-8-4-15(23)5-9-17)14-20(25)29-18-10-6-16(24)7-11-18/h4-11,19-20H,12-14H2,1-3H3. The quantitative estimate of drug-likeness (QED) is 0.381. The van der Waals surface area contributed by atoms with Crippen LogP contribution >= 0.6 is 55.4 Å². The summed E-state index contributed by atoms with van der Waals surface area (Å²) in [5, 5.41) is 2.46. The summed E-state index contributed by atoms with van der Waals surface area (Å²) in [5.74, 6) is -0.182. The predicted molar refractivity (Wildman–Crippen MR) is 129 cm³/mol. The summed E-state index contributed by atoms with van der Waals surface area (Å²) in [4.78, 5) is 20.8. The number of nitrogens with zero attached hydrogens (tertiary/aromatic N) is 1. The molecule has 1 aliphatic heterocycles. The number of hydrogen-bond acceptors (Lipinski definition) is 5. The van der Waals surface area contributed by atoms with Crippen LogP contribution in [0.5, 0.6) is 0 Å². The molecule has 0 N–H and O–H groups in total. The van der Waals surface area contributed by atoms with E-state index in [1.165, 1.54) is 9.79 Å². The van der Waals surface area contributed by atoms with Crippen LogP contribution in [0.1, 0.15) is 33.6 Å². The molecule has 1 heterocycles. The molecule has 2 aromatic rings. The molecule has 3 nitrogen and oxygen atoms in total. The number of carbonyl (C=O) groups excluding carboxylic acids is 1. The van der Waals surface area contributed by atoms with Crippen LogP contribution in [-0.4, -0.2) is 28.2 Å². The first-order chi connectivity index (χ1) is 13.7. The Bertz CT molecular complexity index is 822. The number of halogens is 2. The second-order valence-corrected chi connectivity index (χ2v) is 12.5. The Hall–Kier alpha value is -0.470. The topological polar surface area (TPSA) is 29.5 Å². The van der Waals surface area contributed by atoms with Crippen LogP contribution in [0.15, 0.2) is 67.3 Å². The van der Waals surface area contributed by atoms with Gasteiger partial charge in [-0.15, -0.1) is 28.6 Å². The molecule has 0 bridgehead atoms. The predicted octanol–water partition coefficient (Wildman–Crippen LogP) is 7.39. The number of benzene rings is 2. The van der Waals surface area contributed by atoms with Crippen molar-refractivity contribution < 1.29 is 9.63 Å². The lowest BCUT2D eigenvalue weighted by Crippen LogP contribution is -2.44. The number of rotatable bonds is 5. The fourth-order valence-corrected chi connectivity index (χ4v) is 5.85. The largest absolute Gasteiger partial charge is 0.366 e. The third-order valence-electron chi connectivity index (χ3n) is 4.47. The fraction of sp³-hybridized carbons (Fsp3) is 0.409. The highest BCUT2D eigenvalue weighted by atomic mass is 79.9. The molecule has 3 rings (SSSR count).